The van der Waals surface area contributed by atoms with Crippen molar-refractivity contribution in [3.05, 3.63) is 34.9 Å². The van der Waals surface area contributed by atoms with Crippen LogP contribution in [0, 0.1) is 13.8 Å². The second-order valence-corrected chi connectivity index (χ2v) is 5.92. The van der Waals surface area contributed by atoms with Crippen LogP contribution in [0.2, 0.25) is 0 Å². The molecule has 0 aliphatic carbocycles. The van der Waals surface area contributed by atoms with Crippen LogP contribution < -0.4 is 5.32 Å². The van der Waals surface area contributed by atoms with Crippen LogP contribution in [0.3, 0.4) is 0 Å². The lowest BCUT2D eigenvalue weighted by Crippen LogP contribution is -2.42. The zero-order valence-electron chi connectivity index (χ0n) is 12.8. The number of carbonyl (C=O) groups is 3. The van der Waals surface area contributed by atoms with Crippen molar-refractivity contribution in [2.45, 2.75) is 26.3 Å². The van der Waals surface area contributed by atoms with Crippen LogP contribution in [0.5, 0.6) is 0 Å². The van der Waals surface area contributed by atoms with Gasteiger partial charge in [0.15, 0.2) is 0 Å². The highest BCUT2D eigenvalue weighted by Gasteiger charge is 2.39. The number of hydrogen-bond donors (Lipinski definition) is 1. The van der Waals surface area contributed by atoms with E-state index in [2.05, 4.69) is 5.32 Å². The molecule has 4 amide bonds. The number of rotatable bonds is 2. The summed E-state index contributed by atoms with van der Waals surface area (Å²) in [4.78, 5) is 39.0. The molecule has 2 saturated heterocycles. The van der Waals surface area contributed by atoms with Gasteiger partial charge >= 0.3 is 6.03 Å². The van der Waals surface area contributed by atoms with Gasteiger partial charge < -0.3 is 10.2 Å². The maximum atomic E-state index is 12.6. The molecule has 2 fully saturated rings. The Bertz CT molecular complexity index is 640. The number of amides is 4. The summed E-state index contributed by atoms with van der Waals surface area (Å²) in [6.07, 6.45) is 0.635. The first kappa shape index (κ1) is 14.6. The SMILES string of the molecule is Cc1ccc(C(=O)N2CCC(N3C(=O)CNC3=O)C2)cc1C. The number of nitrogens with zero attached hydrogens (tertiary/aromatic N) is 2. The molecule has 1 aromatic carbocycles. The molecule has 1 aromatic rings. The molecular weight excluding hydrogens is 282 g/mol. The van der Waals surface area contributed by atoms with E-state index in [9.17, 15) is 14.4 Å². The Morgan fingerprint density at radius 1 is 1.23 bits per heavy atom. The van der Waals surface area contributed by atoms with Gasteiger partial charge in [0.05, 0.1) is 12.6 Å². The smallest absolute Gasteiger partial charge is 0.324 e. The Kier molecular flexibility index (Phi) is 3.60. The fourth-order valence-electron chi connectivity index (χ4n) is 3.00. The van der Waals surface area contributed by atoms with Gasteiger partial charge in [-0.25, -0.2) is 4.79 Å². The van der Waals surface area contributed by atoms with Gasteiger partial charge in [-0.15, -0.1) is 0 Å². The van der Waals surface area contributed by atoms with E-state index in [1.165, 1.54) is 4.90 Å². The molecule has 6 nitrogen and oxygen atoms in total. The molecule has 2 aliphatic rings. The number of hydrogen-bond acceptors (Lipinski definition) is 3. The second-order valence-electron chi connectivity index (χ2n) is 5.92. The van der Waals surface area contributed by atoms with Crippen LogP contribution in [0.4, 0.5) is 4.79 Å². The first-order chi connectivity index (χ1) is 10.5. The van der Waals surface area contributed by atoms with E-state index in [-0.39, 0.29) is 30.4 Å². The minimum absolute atomic E-state index is 0.0438. The number of imide groups is 1. The molecule has 3 rings (SSSR count). The van der Waals surface area contributed by atoms with Gasteiger partial charge in [-0.3, -0.25) is 14.5 Å². The van der Waals surface area contributed by atoms with Crippen molar-refractivity contribution in [1.82, 2.24) is 15.1 Å². The first-order valence-electron chi connectivity index (χ1n) is 7.44. The molecule has 0 radical (unpaired) electrons. The van der Waals surface area contributed by atoms with E-state index in [1.54, 1.807) is 4.90 Å². The van der Waals surface area contributed by atoms with Crippen LogP contribution >= 0.6 is 0 Å². The van der Waals surface area contributed by atoms with Crippen molar-refractivity contribution < 1.29 is 14.4 Å². The number of urea groups is 1. The van der Waals surface area contributed by atoms with Crippen LogP contribution in [-0.2, 0) is 4.79 Å². The van der Waals surface area contributed by atoms with E-state index < -0.39 is 0 Å². The predicted octanol–water partition coefficient (Wildman–Crippen LogP) is 1.07. The summed E-state index contributed by atoms with van der Waals surface area (Å²) in [6, 6.07) is 5.08. The van der Waals surface area contributed by atoms with Gasteiger partial charge in [-0.2, -0.15) is 0 Å². The average molecular weight is 301 g/mol. The molecule has 116 valence electrons. The molecule has 2 aliphatic heterocycles. The number of nitrogens with one attached hydrogen (secondary N) is 1. The van der Waals surface area contributed by atoms with Gasteiger partial charge in [-0.05, 0) is 43.5 Å². The third-order valence-corrected chi connectivity index (χ3v) is 4.45. The fraction of sp³-hybridized carbons (Fsp3) is 0.438. The number of likely N-dealkylation sites (tertiary alicyclic amines) is 1. The Labute approximate surface area is 129 Å². The van der Waals surface area contributed by atoms with Gasteiger partial charge in [-0.1, -0.05) is 6.07 Å². The molecular formula is C16H19N3O3. The van der Waals surface area contributed by atoms with Gasteiger partial charge in [0, 0.05) is 18.7 Å². The maximum absolute atomic E-state index is 12.6. The molecule has 0 bridgehead atoms. The fourth-order valence-corrected chi connectivity index (χ4v) is 3.00. The molecule has 0 aromatic heterocycles. The Hall–Kier alpha value is -2.37. The lowest BCUT2D eigenvalue weighted by Gasteiger charge is -2.21. The molecule has 1 N–H and O–H groups in total. The quantitative estimate of drug-likeness (QED) is 0.831. The Morgan fingerprint density at radius 2 is 2.00 bits per heavy atom. The normalized spacial score (nSPS) is 21.5. The molecule has 0 saturated carbocycles. The number of carbonyl (C=O) groups excluding carboxylic acids is 3. The minimum Gasteiger partial charge on any atom is -0.336 e. The summed E-state index contributed by atoms with van der Waals surface area (Å²) in [5.74, 6) is -0.256. The number of benzene rings is 1. The summed E-state index contributed by atoms with van der Waals surface area (Å²) in [6.45, 7) is 5.01. The summed E-state index contributed by atoms with van der Waals surface area (Å²) >= 11 is 0. The molecule has 0 spiro atoms. The number of aryl methyl sites for hydroxylation is 2. The van der Waals surface area contributed by atoms with E-state index in [1.807, 2.05) is 32.0 Å². The molecule has 1 unspecified atom stereocenters. The highest BCUT2D eigenvalue weighted by Crippen LogP contribution is 2.21. The van der Waals surface area contributed by atoms with Gasteiger partial charge in [0.25, 0.3) is 5.91 Å². The minimum atomic E-state index is -0.351. The molecule has 6 heteroatoms. The van der Waals surface area contributed by atoms with Crippen molar-refractivity contribution in [2.75, 3.05) is 19.6 Å². The summed E-state index contributed by atoms with van der Waals surface area (Å²) in [7, 11) is 0. The molecule has 2 heterocycles. The first-order valence-corrected chi connectivity index (χ1v) is 7.44. The van der Waals surface area contributed by atoms with E-state index in [0.717, 1.165) is 11.1 Å². The van der Waals surface area contributed by atoms with Crippen molar-refractivity contribution in [1.29, 1.82) is 0 Å². The Morgan fingerprint density at radius 3 is 2.64 bits per heavy atom. The summed E-state index contributed by atoms with van der Waals surface area (Å²) < 4.78 is 0. The zero-order chi connectivity index (χ0) is 15.9. The highest BCUT2D eigenvalue weighted by molar-refractivity contribution is 6.02. The van der Waals surface area contributed by atoms with Crippen LogP contribution in [0.15, 0.2) is 18.2 Å². The van der Waals surface area contributed by atoms with E-state index in [4.69, 9.17) is 0 Å². The van der Waals surface area contributed by atoms with Gasteiger partial charge in [0.2, 0.25) is 5.91 Å². The zero-order valence-corrected chi connectivity index (χ0v) is 12.8. The van der Waals surface area contributed by atoms with Crippen molar-refractivity contribution in [3.8, 4) is 0 Å². The van der Waals surface area contributed by atoms with E-state index >= 15 is 0 Å². The largest absolute Gasteiger partial charge is 0.336 e. The molecule has 1 atom stereocenters. The lowest BCUT2D eigenvalue weighted by molar-refractivity contribution is -0.126. The predicted molar refractivity (Wildman–Crippen MR) is 80.5 cm³/mol. The maximum Gasteiger partial charge on any atom is 0.324 e. The molecule has 22 heavy (non-hydrogen) atoms. The van der Waals surface area contributed by atoms with Crippen molar-refractivity contribution in [3.63, 3.8) is 0 Å². The topological polar surface area (TPSA) is 69.7 Å². The Balaban J connectivity index is 1.72. The summed E-state index contributed by atoms with van der Waals surface area (Å²) in [5, 5.41) is 2.52. The van der Waals surface area contributed by atoms with Crippen molar-refractivity contribution >= 4 is 17.8 Å². The highest BCUT2D eigenvalue weighted by atomic mass is 16.2. The monoisotopic (exact) mass is 301 g/mol. The van der Waals surface area contributed by atoms with Gasteiger partial charge in [0.1, 0.15) is 0 Å². The standard InChI is InChI=1S/C16H19N3O3/c1-10-3-4-12(7-11(10)2)15(21)18-6-5-13(9-18)19-14(20)8-17-16(19)22/h3-4,7,13H,5-6,8-9H2,1-2H3,(H,17,22). The van der Waals surface area contributed by atoms with Crippen LogP contribution in [0.25, 0.3) is 0 Å². The van der Waals surface area contributed by atoms with Crippen LogP contribution in [-0.4, -0.2) is 53.3 Å². The lowest BCUT2D eigenvalue weighted by atomic mass is 10.1. The summed E-state index contributed by atoms with van der Waals surface area (Å²) in [5.41, 5.74) is 2.88. The third kappa shape index (κ3) is 2.45. The second kappa shape index (κ2) is 5.44. The van der Waals surface area contributed by atoms with Crippen molar-refractivity contribution in [2.24, 2.45) is 0 Å². The third-order valence-electron chi connectivity index (χ3n) is 4.45. The average Bonchev–Trinajstić information content (AvgIpc) is 3.08. The van der Waals surface area contributed by atoms with E-state index in [0.29, 0.717) is 25.1 Å². The van der Waals surface area contributed by atoms with Crippen LogP contribution in [0.1, 0.15) is 27.9 Å².